The molecule has 0 unspecified atom stereocenters. The molecule has 4 heteroatoms. The van der Waals surface area contributed by atoms with E-state index in [0.29, 0.717) is 0 Å². The third-order valence-electron chi connectivity index (χ3n) is 8.28. The first-order valence-electron chi connectivity index (χ1n) is 14.1. The number of benzene rings is 5. The second-order valence-corrected chi connectivity index (χ2v) is 10.6. The average Bonchev–Trinajstić information content (AvgIpc) is 3.60. The molecule has 0 radical (unpaired) electrons. The fraction of sp³-hybridized carbons (Fsp3) is 0. The van der Waals surface area contributed by atoms with Crippen molar-refractivity contribution in [2.45, 2.75) is 0 Å². The Hall–Kier alpha value is -5.74. The molecule has 0 atom stereocenters. The van der Waals surface area contributed by atoms with Crippen LogP contribution < -0.4 is 0 Å². The molecule has 0 aliphatic heterocycles. The second-order valence-electron chi connectivity index (χ2n) is 10.6. The minimum atomic E-state index is 0.849. The molecule has 4 aromatic heterocycles. The predicted molar refractivity (Wildman–Crippen MR) is 172 cm³/mol. The van der Waals surface area contributed by atoms with E-state index in [1.54, 1.807) is 0 Å². The minimum Gasteiger partial charge on any atom is -0.455 e. The van der Waals surface area contributed by atoms with Gasteiger partial charge in [-0.3, -0.25) is 9.97 Å². The smallest absolute Gasteiger partial charge is 0.144 e. The third kappa shape index (κ3) is 3.36. The Labute approximate surface area is 241 Å². The van der Waals surface area contributed by atoms with Crippen LogP contribution in [0, 0.1) is 0 Å². The Morgan fingerprint density at radius 1 is 0.524 bits per heavy atom. The maximum Gasteiger partial charge on any atom is 0.144 e. The van der Waals surface area contributed by atoms with Gasteiger partial charge in [0, 0.05) is 56.1 Å². The van der Waals surface area contributed by atoms with E-state index in [1.165, 1.54) is 10.8 Å². The van der Waals surface area contributed by atoms with E-state index in [4.69, 9.17) is 14.4 Å². The molecular weight excluding hydrogens is 514 g/mol. The van der Waals surface area contributed by atoms with Gasteiger partial charge in [-0.2, -0.15) is 0 Å². The second kappa shape index (κ2) is 8.88. The van der Waals surface area contributed by atoms with Crippen LogP contribution in [0.5, 0.6) is 0 Å². The number of fused-ring (bicyclic) bond motifs is 7. The number of aromatic nitrogens is 3. The molecule has 9 aromatic rings. The van der Waals surface area contributed by atoms with Crippen molar-refractivity contribution in [3.63, 3.8) is 0 Å². The third-order valence-corrected chi connectivity index (χ3v) is 8.28. The quantitative estimate of drug-likeness (QED) is 0.225. The Morgan fingerprint density at radius 2 is 1.33 bits per heavy atom. The maximum absolute atomic E-state index is 6.45. The molecule has 4 heterocycles. The molecule has 0 fully saturated rings. The maximum atomic E-state index is 6.45. The van der Waals surface area contributed by atoms with Crippen LogP contribution >= 0.6 is 0 Å². The number of hydrogen-bond acceptors (Lipinski definition) is 3. The van der Waals surface area contributed by atoms with Crippen molar-refractivity contribution in [2.75, 3.05) is 0 Å². The number of nitrogens with zero attached hydrogens (tertiary/aromatic N) is 3. The number of pyridine rings is 2. The van der Waals surface area contributed by atoms with Crippen molar-refractivity contribution in [2.24, 2.45) is 0 Å². The fourth-order valence-corrected chi connectivity index (χ4v) is 6.41. The summed E-state index contributed by atoms with van der Waals surface area (Å²) in [5, 5.41) is 5.72. The van der Waals surface area contributed by atoms with Gasteiger partial charge in [-0.1, -0.05) is 78.9 Å². The van der Waals surface area contributed by atoms with E-state index in [-0.39, 0.29) is 0 Å². The summed E-state index contributed by atoms with van der Waals surface area (Å²) in [6, 6.07) is 44.6. The summed E-state index contributed by atoms with van der Waals surface area (Å²) in [4.78, 5) is 9.46. The van der Waals surface area contributed by atoms with E-state index in [0.717, 1.165) is 71.9 Å². The van der Waals surface area contributed by atoms with Gasteiger partial charge in [-0.25, -0.2) is 0 Å². The van der Waals surface area contributed by atoms with E-state index < -0.39 is 0 Å². The van der Waals surface area contributed by atoms with Crippen LogP contribution in [0.1, 0.15) is 0 Å². The van der Waals surface area contributed by atoms with Gasteiger partial charge in [0.25, 0.3) is 0 Å². The van der Waals surface area contributed by atoms with Gasteiger partial charge in [0.2, 0.25) is 0 Å². The molecule has 0 N–H and O–H groups in total. The summed E-state index contributed by atoms with van der Waals surface area (Å²) in [5.74, 6) is 0. The van der Waals surface area contributed by atoms with Crippen molar-refractivity contribution < 1.29 is 4.42 Å². The first-order chi connectivity index (χ1) is 20.8. The van der Waals surface area contributed by atoms with Gasteiger partial charge in [0.1, 0.15) is 11.2 Å². The molecule has 0 amide bonds. The van der Waals surface area contributed by atoms with Crippen molar-refractivity contribution in [1.82, 2.24) is 14.5 Å². The number of para-hydroxylation sites is 3. The largest absolute Gasteiger partial charge is 0.455 e. The fourth-order valence-electron chi connectivity index (χ4n) is 6.41. The van der Waals surface area contributed by atoms with Gasteiger partial charge in [-0.15, -0.1) is 0 Å². The van der Waals surface area contributed by atoms with Gasteiger partial charge in [0.15, 0.2) is 0 Å². The Morgan fingerprint density at radius 3 is 2.26 bits per heavy atom. The molecule has 9 rings (SSSR count). The summed E-state index contributed by atoms with van der Waals surface area (Å²) in [6.07, 6.45) is 3.70. The van der Waals surface area contributed by atoms with Crippen LogP contribution in [0.4, 0.5) is 0 Å². The van der Waals surface area contributed by atoms with Crippen LogP contribution in [-0.4, -0.2) is 14.5 Å². The summed E-state index contributed by atoms with van der Waals surface area (Å²) in [6.45, 7) is 0. The highest BCUT2D eigenvalue weighted by Gasteiger charge is 2.19. The molecule has 0 spiro atoms. The molecule has 0 bridgehead atoms. The standard InChI is InChI=1S/C38H23N3O/c1-3-15-34-28(11-1)29-18-17-25(27-13-7-9-24-10-8-20-40-37(24)27)21-35(29)41(34)26-22-31-30-12-2-4-16-36(30)42-38(31)32(23-26)33-14-5-6-19-39-33/h1-23H. The van der Waals surface area contributed by atoms with Crippen LogP contribution in [0.2, 0.25) is 0 Å². The van der Waals surface area contributed by atoms with Gasteiger partial charge < -0.3 is 8.98 Å². The molecule has 5 aromatic carbocycles. The van der Waals surface area contributed by atoms with Gasteiger partial charge in [-0.05, 0) is 54.1 Å². The van der Waals surface area contributed by atoms with Crippen LogP contribution in [0.15, 0.2) is 144 Å². The minimum absolute atomic E-state index is 0.849. The van der Waals surface area contributed by atoms with E-state index >= 15 is 0 Å². The topological polar surface area (TPSA) is 43.9 Å². The zero-order chi connectivity index (χ0) is 27.6. The van der Waals surface area contributed by atoms with Crippen molar-refractivity contribution in [1.29, 1.82) is 0 Å². The predicted octanol–water partition coefficient (Wildman–Crippen LogP) is 9.96. The molecule has 0 saturated heterocycles. The SMILES string of the molecule is c1ccc(-c2cc(-n3c4ccccc4c4ccc(-c5cccc6cccnc56)cc43)cc3c2oc2ccccc23)nc1. The van der Waals surface area contributed by atoms with Gasteiger partial charge >= 0.3 is 0 Å². The highest BCUT2D eigenvalue weighted by molar-refractivity contribution is 6.13. The van der Waals surface area contributed by atoms with E-state index in [1.807, 2.05) is 48.8 Å². The number of hydrogen-bond donors (Lipinski definition) is 0. The lowest BCUT2D eigenvalue weighted by Crippen LogP contribution is -1.96. The van der Waals surface area contributed by atoms with Crippen LogP contribution in [-0.2, 0) is 0 Å². The first-order valence-corrected chi connectivity index (χ1v) is 14.1. The lowest BCUT2D eigenvalue weighted by atomic mass is 10.0. The summed E-state index contributed by atoms with van der Waals surface area (Å²) < 4.78 is 8.82. The zero-order valence-electron chi connectivity index (χ0n) is 22.5. The molecule has 196 valence electrons. The normalized spacial score (nSPS) is 11.8. The van der Waals surface area contributed by atoms with Crippen LogP contribution in [0.3, 0.4) is 0 Å². The first kappa shape index (κ1) is 23.0. The van der Waals surface area contributed by atoms with Crippen molar-refractivity contribution in [3.8, 4) is 28.1 Å². The Balaban J connectivity index is 1.39. The van der Waals surface area contributed by atoms with Crippen molar-refractivity contribution >= 4 is 54.6 Å². The number of furan rings is 1. The Bertz CT molecular complexity index is 2460. The highest BCUT2D eigenvalue weighted by Crippen LogP contribution is 2.41. The van der Waals surface area contributed by atoms with Crippen LogP contribution in [0.25, 0.3) is 82.7 Å². The molecule has 0 aliphatic rings. The molecule has 42 heavy (non-hydrogen) atoms. The lowest BCUT2D eigenvalue weighted by molar-refractivity contribution is 0.669. The highest BCUT2D eigenvalue weighted by atomic mass is 16.3. The lowest BCUT2D eigenvalue weighted by Gasteiger charge is -2.12. The molecule has 0 saturated carbocycles. The monoisotopic (exact) mass is 537 g/mol. The summed E-state index contributed by atoms with van der Waals surface area (Å²) in [7, 11) is 0. The molecular formula is C38H23N3O. The summed E-state index contributed by atoms with van der Waals surface area (Å²) >= 11 is 0. The zero-order valence-corrected chi connectivity index (χ0v) is 22.5. The van der Waals surface area contributed by atoms with Gasteiger partial charge in [0.05, 0.1) is 22.2 Å². The summed E-state index contributed by atoms with van der Waals surface area (Å²) in [5.41, 5.74) is 10.2. The number of rotatable bonds is 3. The van der Waals surface area contributed by atoms with E-state index in [2.05, 4.69) is 95.6 Å². The Kier molecular flexibility index (Phi) is 4.87. The van der Waals surface area contributed by atoms with Crippen molar-refractivity contribution in [3.05, 3.63) is 140 Å². The average molecular weight is 538 g/mol. The molecule has 4 nitrogen and oxygen atoms in total. The molecule has 0 aliphatic carbocycles. The van der Waals surface area contributed by atoms with E-state index in [9.17, 15) is 0 Å².